The molecule has 0 radical (unpaired) electrons. The zero-order chi connectivity index (χ0) is 18.0. The van der Waals surface area contributed by atoms with E-state index < -0.39 is 0 Å². The molecular formula is C18H24N4O3. The lowest BCUT2D eigenvalue weighted by Gasteiger charge is -2.22. The van der Waals surface area contributed by atoms with Crippen LogP contribution in [0.5, 0.6) is 5.75 Å². The largest absolute Gasteiger partial charge is 0.482 e. The molecule has 0 aliphatic carbocycles. The molecule has 25 heavy (non-hydrogen) atoms. The summed E-state index contributed by atoms with van der Waals surface area (Å²) in [7, 11) is 0. The fraction of sp³-hybridized carbons (Fsp3) is 0.500. The Morgan fingerprint density at radius 1 is 1.20 bits per heavy atom. The second-order valence-electron chi connectivity index (χ2n) is 6.83. The molecule has 1 aliphatic rings. The number of hydrogen-bond donors (Lipinski definition) is 2. The van der Waals surface area contributed by atoms with Crippen molar-refractivity contribution in [2.75, 3.05) is 11.9 Å². The normalized spacial score (nSPS) is 16.1. The zero-order valence-electron chi connectivity index (χ0n) is 15.0. The van der Waals surface area contributed by atoms with Gasteiger partial charge in [-0.25, -0.2) is 0 Å². The molecule has 2 aromatic rings. The van der Waals surface area contributed by atoms with Crippen molar-refractivity contribution in [3.05, 3.63) is 35.5 Å². The highest BCUT2D eigenvalue weighted by molar-refractivity contribution is 5.95. The second kappa shape index (κ2) is 7.23. The lowest BCUT2D eigenvalue weighted by atomic mass is 10.1. The van der Waals surface area contributed by atoms with Gasteiger partial charge in [0.25, 0.3) is 5.91 Å². The first kappa shape index (κ1) is 17.4. The smallest absolute Gasteiger partial charge is 0.262 e. The van der Waals surface area contributed by atoms with Gasteiger partial charge >= 0.3 is 0 Å². The van der Waals surface area contributed by atoms with E-state index in [0.717, 1.165) is 12.0 Å². The minimum atomic E-state index is -0.137. The molecule has 2 N–H and O–H groups in total. The molecule has 1 aromatic heterocycles. The molecule has 0 fully saturated rings. The summed E-state index contributed by atoms with van der Waals surface area (Å²) in [6, 6.07) is 5.75. The summed E-state index contributed by atoms with van der Waals surface area (Å²) in [6.07, 6.45) is 0.778. The number of anilines is 1. The predicted molar refractivity (Wildman–Crippen MR) is 93.4 cm³/mol. The van der Waals surface area contributed by atoms with Crippen molar-refractivity contribution in [1.82, 2.24) is 15.5 Å². The first-order valence-corrected chi connectivity index (χ1v) is 8.57. The summed E-state index contributed by atoms with van der Waals surface area (Å²) in [5.41, 5.74) is 1.74. The third kappa shape index (κ3) is 4.17. The van der Waals surface area contributed by atoms with Crippen LogP contribution in [-0.2, 0) is 11.2 Å². The Balaban J connectivity index is 1.67. The Bertz CT molecular complexity index is 757. The van der Waals surface area contributed by atoms with Crippen LogP contribution in [-0.4, -0.2) is 22.7 Å². The molecule has 0 spiro atoms. The van der Waals surface area contributed by atoms with Crippen LogP contribution in [0, 0.1) is 5.92 Å². The summed E-state index contributed by atoms with van der Waals surface area (Å²) in [4.78, 5) is 11.5. The third-order valence-corrected chi connectivity index (χ3v) is 4.07. The van der Waals surface area contributed by atoms with Crippen molar-refractivity contribution in [3.8, 4) is 5.75 Å². The molecule has 1 aromatic carbocycles. The third-order valence-electron chi connectivity index (χ3n) is 4.07. The number of carbonyl (C=O) groups is 1. The molecule has 0 saturated carbocycles. The maximum atomic E-state index is 11.5. The van der Waals surface area contributed by atoms with Crippen molar-refractivity contribution in [3.63, 3.8) is 0 Å². The number of nitrogens with one attached hydrogen (secondary N) is 2. The second-order valence-corrected chi connectivity index (χ2v) is 6.83. The van der Waals surface area contributed by atoms with Crippen LogP contribution in [0.2, 0.25) is 0 Å². The van der Waals surface area contributed by atoms with E-state index in [1.54, 1.807) is 0 Å². The molecule has 2 atom stereocenters. The van der Waals surface area contributed by atoms with E-state index in [-0.39, 0.29) is 24.6 Å². The van der Waals surface area contributed by atoms with Crippen molar-refractivity contribution >= 4 is 11.6 Å². The van der Waals surface area contributed by atoms with E-state index in [1.807, 2.05) is 25.1 Å². The molecule has 0 bridgehead atoms. The van der Waals surface area contributed by atoms with E-state index in [4.69, 9.17) is 9.15 Å². The van der Waals surface area contributed by atoms with Gasteiger partial charge in [-0.15, -0.1) is 10.2 Å². The molecule has 3 rings (SSSR count). The highest BCUT2D eigenvalue weighted by Gasteiger charge is 2.20. The first-order chi connectivity index (χ1) is 11.9. The number of aromatic nitrogens is 2. The Morgan fingerprint density at radius 3 is 2.76 bits per heavy atom. The van der Waals surface area contributed by atoms with Crippen LogP contribution in [0.4, 0.5) is 5.69 Å². The van der Waals surface area contributed by atoms with Gasteiger partial charge in [0.15, 0.2) is 6.61 Å². The van der Waals surface area contributed by atoms with Crippen molar-refractivity contribution in [2.24, 2.45) is 5.92 Å². The lowest BCUT2D eigenvalue weighted by molar-refractivity contribution is -0.118. The summed E-state index contributed by atoms with van der Waals surface area (Å²) in [5.74, 6) is 2.28. The molecule has 1 amide bonds. The first-order valence-electron chi connectivity index (χ1n) is 8.57. The summed E-state index contributed by atoms with van der Waals surface area (Å²) in [5, 5.41) is 14.5. The number of hydrogen-bond acceptors (Lipinski definition) is 6. The predicted octanol–water partition coefficient (Wildman–Crippen LogP) is 3.01. The SMILES string of the molecule is CC(C)Cc1nnc([C@H](C)N[C@H](C)c2ccc3c(c2)NC(=O)CO3)o1. The number of ether oxygens (including phenoxy) is 1. The Morgan fingerprint density at radius 2 is 2.00 bits per heavy atom. The summed E-state index contributed by atoms with van der Waals surface area (Å²) < 4.78 is 11.1. The number of amides is 1. The van der Waals surface area contributed by atoms with Gasteiger partial charge in [0, 0.05) is 12.5 Å². The van der Waals surface area contributed by atoms with Crippen LogP contribution in [0.1, 0.15) is 57.1 Å². The monoisotopic (exact) mass is 344 g/mol. The van der Waals surface area contributed by atoms with Gasteiger partial charge < -0.3 is 14.5 Å². The zero-order valence-corrected chi connectivity index (χ0v) is 15.0. The van der Waals surface area contributed by atoms with Gasteiger partial charge in [0.1, 0.15) is 5.75 Å². The maximum Gasteiger partial charge on any atom is 0.262 e. The Labute approximate surface area is 147 Å². The number of benzene rings is 1. The summed E-state index contributed by atoms with van der Waals surface area (Å²) >= 11 is 0. The molecule has 134 valence electrons. The maximum absolute atomic E-state index is 11.5. The average molecular weight is 344 g/mol. The summed E-state index contributed by atoms with van der Waals surface area (Å²) in [6.45, 7) is 8.34. The average Bonchev–Trinajstić information content (AvgIpc) is 3.01. The number of fused-ring (bicyclic) bond motifs is 1. The van der Waals surface area contributed by atoms with Crippen molar-refractivity contribution in [2.45, 2.75) is 46.2 Å². The van der Waals surface area contributed by atoms with Crippen LogP contribution in [0.25, 0.3) is 0 Å². The number of rotatable bonds is 6. The van der Waals surface area contributed by atoms with Gasteiger partial charge in [-0.3, -0.25) is 10.1 Å². The number of carbonyl (C=O) groups excluding carboxylic acids is 1. The Hall–Kier alpha value is -2.41. The van der Waals surface area contributed by atoms with E-state index in [1.165, 1.54) is 0 Å². The minimum Gasteiger partial charge on any atom is -0.482 e. The molecule has 1 aliphatic heterocycles. The van der Waals surface area contributed by atoms with Gasteiger partial charge in [-0.2, -0.15) is 0 Å². The molecule has 7 nitrogen and oxygen atoms in total. The van der Waals surface area contributed by atoms with Crippen LogP contribution in [0.3, 0.4) is 0 Å². The quantitative estimate of drug-likeness (QED) is 0.837. The van der Waals surface area contributed by atoms with Crippen molar-refractivity contribution in [1.29, 1.82) is 0 Å². The molecule has 0 saturated heterocycles. The van der Waals surface area contributed by atoms with Gasteiger partial charge in [0.2, 0.25) is 11.8 Å². The highest BCUT2D eigenvalue weighted by atomic mass is 16.5. The number of nitrogens with zero attached hydrogens (tertiary/aromatic N) is 2. The fourth-order valence-corrected chi connectivity index (χ4v) is 2.79. The minimum absolute atomic E-state index is 0.0413. The van der Waals surface area contributed by atoms with Crippen molar-refractivity contribution < 1.29 is 13.9 Å². The Kier molecular flexibility index (Phi) is 5.03. The lowest BCUT2D eigenvalue weighted by Crippen LogP contribution is -2.26. The van der Waals surface area contributed by atoms with Crippen LogP contribution >= 0.6 is 0 Å². The van der Waals surface area contributed by atoms with Gasteiger partial charge in [-0.05, 0) is 37.5 Å². The molecule has 2 heterocycles. The molecule has 7 heteroatoms. The van der Waals surface area contributed by atoms with E-state index >= 15 is 0 Å². The topological polar surface area (TPSA) is 89.3 Å². The van der Waals surface area contributed by atoms with Crippen LogP contribution in [0.15, 0.2) is 22.6 Å². The molecule has 0 unspecified atom stereocenters. The molecular weight excluding hydrogens is 320 g/mol. The van der Waals surface area contributed by atoms with Gasteiger partial charge in [0.05, 0.1) is 11.7 Å². The standard InChI is InChI=1S/C18H24N4O3/c1-10(2)7-17-21-22-18(25-17)12(4)19-11(3)13-5-6-15-14(8-13)20-16(23)9-24-15/h5-6,8,10-12,19H,7,9H2,1-4H3,(H,20,23)/t11-,12+/m1/s1. The van der Waals surface area contributed by atoms with Gasteiger partial charge in [-0.1, -0.05) is 19.9 Å². The highest BCUT2D eigenvalue weighted by Crippen LogP contribution is 2.31. The fourth-order valence-electron chi connectivity index (χ4n) is 2.79. The van der Waals surface area contributed by atoms with Crippen LogP contribution < -0.4 is 15.4 Å². The van der Waals surface area contributed by atoms with E-state index in [0.29, 0.717) is 29.1 Å². The van der Waals surface area contributed by atoms with E-state index in [9.17, 15) is 4.79 Å². The van der Waals surface area contributed by atoms with E-state index in [2.05, 4.69) is 41.6 Å².